The number of carbonyl (C=O) groups is 1. The second kappa shape index (κ2) is 3.58. The lowest BCUT2D eigenvalue weighted by molar-refractivity contribution is -0.136. The molecule has 0 saturated heterocycles. The summed E-state index contributed by atoms with van der Waals surface area (Å²) in [4.78, 5) is 19.4. The first kappa shape index (κ1) is 11.6. The first-order chi connectivity index (χ1) is 7.79. The van der Waals surface area contributed by atoms with Gasteiger partial charge in [0.2, 0.25) is 0 Å². The lowest BCUT2D eigenvalue weighted by atomic mass is 9.96. The molecule has 17 heavy (non-hydrogen) atoms. The standard InChI is InChI=1S/C11H16N4O2/c1-6-7(5-8(16)17)15-10(12-6)13-9(14-15)11(2,3)4/h5H2,1-4H3,(H,16,17)(H,12,13,14). The van der Waals surface area contributed by atoms with Crippen molar-refractivity contribution in [3.63, 3.8) is 0 Å². The molecule has 0 radical (unpaired) electrons. The molecular formula is C11H16N4O2. The molecule has 92 valence electrons. The van der Waals surface area contributed by atoms with Gasteiger partial charge in [0.05, 0.1) is 17.8 Å². The molecule has 0 fully saturated rings. The molecule has 0 aliphatic rings. The minimum atomic E-state index is -0.873. The van der Waals surface area contributed by atoms with Crippen molar-refractivity contribution in [1.82, 2.24) is 19.6 Å². The van der Waals surface area contributed by atoms with Gasteiger partial charge in [0.15, 0.2) is 0 Å². The molecule has 2 aromatic rings. The molecule has 0 aliphatic carbocycles. The Bertz CT molecular complexity index is 574. The highest BCUT2D eigenvalue weighted by molar-refractivity contribution is 5.70. The zero-order valence-corrected chi connectivity index (χ0v) is 10.4. The highest BCUT2D eigenvalue weighted by atomic mass is 16.4. The molecule has 0 bridgehead atoms. The normalized spacial score (nSPS) is 12.2. The summed E-state index contributed by atoms with van der Waals surface area (Å²) in [6, 6.07) is 0. The van der Waals surface area contributed by atoms with Crippen LogP contribution in [0, 0.1) is 6.92 Å². The Morgan fingerprint density at radius 1 is 1.41 bits per heavy atom. The molecule has 0 unspecified atom stereocenters. The summed E-state index contributed by atoms with van der Waals surface area (Å²) in [7, 11) is 0. The second-order valence-electron chi connectivity index (χ2n) is 5.17. The number of carboxylic acid groups (broad SMARTS) is 1. The Hall–Kier alpha value is -1.85. The fourth-order valence-corrected chi connectivity index (χ4v) is 1.66. The van der Waals surface area contributed by atoms with Crippen molar-refractivity contribution in [3.05, 3.63) is 17.2 Å². The number of H-pyrrole nitrogens is 1. The van der Waals surface area contributed by atoms with Crippen molar-refractivity contribution in [2.24, 2.45) is 0 Å². The minimum Gasteiger partial charge on any atom is -0.481 e. The van der Waals surface area contributed by atoms with E-state index in [2.05, 4.69) is 15.1 Å². The molecule has 2 N–H and O–H groups in total. The van der Waals surface area contributed by atoms with E-state index in [1.807, 2.05) is 20.8 Å². The summed E-state index contributed by atoms with van der Waals surface area (Å²) in [5, 5.41) is 12.0. The van der Waals surface area contributed by atoms with Crippen LogP contribution in [0.2, 0.25) is 0 Å². The van der Waals surface area contributed by atoms with Crippen LogP contribution in [-0.4, -0.2) is 30.7 Å². The molecule has 0 spiro atoms. The third-order valence-electron chi connectivity index (χ3n) is 2.61. The zero-order valence-electron chi connectivity index (χ0n) is 10.4. The number of aromatic amines is 1. The Morgan fingerprint density at radius 3 is 2.59 bits per heavy atom. The van der Waals surface area contributed by atoms with Gasteiger partial charge in [0.1, 0.15) is 5.82 Å². The lowest BCUT2D eigenvalue weighted by Crippen LogP contribution is -2.14. The van der Waals surface area contributed by atoms with Crippen LogP contribution in [0.5, 0.6) is 0 Å². The van der Waals surface area contributed by atoms with E-state index in [0.29, 0.717) is 17.2 Å². The molecule has 2 rings (SSSR count). The number of carboxylic acids is 1. The van der Waals surface area contributed by atoms with Crippen molar-refractivity contribution in [2.75, 3.05) is 0 Å². The van der Waals surface area contributed by atoms with E-state index >= 15 is 0 Å². The molecule has 2 heterocycles. The zero-order chi connectivity index (χ0) is 12.8. The number of aliphatic carboxylic acids is 1. The number of fused-ring (bicyclic) bond motifs is 1. The van der Waals surface area contributed by atoms with E-state index in [1.54, 1.807) is 11.4 Å². The average Bonchev–Trinajstić information content (AvgIpc) is 2.66. The van der Waals surface area contributed by atoms with E-state index in [4.69, 9.17) is 5.11 Å². The number of aromatic nitrogens is 4. The summed E-state index contributed by atoms with van der Waals surface area (Å²) in [5.41, 5.74) is 1.23. The predicted molar refractivity (Wildman–Crippen MR) is 62.1 cm³/mol. The van der Waals surface area contributed by atoms with Gasteiger partial charge in [0, 0.05) is 5.41 Å². The Labute approximate surface area is 98.7 Å². The van der Waals surface area contributed by atoms with Crippen LogP contribution in [-0.2, 0) is 16.6 Å². The van der Waals surface area contributed by atoms with E-state index in [9.17, 15) is 4.79 Å². The number of nitrogens with one attached hydrogen (secondary N) is 1. The summed E-state index contributed by atoms with van der Waals surface area (Å²) in [5.74, 6) is 0.456. The molecule has 0 aromatic carbocycles. The van der Waals surface area contributed by atoms with Gasteiger partial charge in [-0.25, -0.2) is 9.50 Å². The number of hydrogen-bond donors (Lipinski definition) is 2. The molecule has 6 nitrogen and oxygen atoms in total. The third-order valence-corrected chi connectivity index (χ3v) is 2.61. The first-order valence-electron chi connectivity index (χ1n) is 5.45. The van der Waals surface area contributed by atoms with Crippen LogP contribution < -0.4 is 0 Å². The monoisotopic (exact) mass is 236 g/mol. The van der Waals surface area contributed by atoms with Crippen molar-refractivity contribution in [1.29, 1.82) is 0 Å². The maximum absolute atomic E-state index is 10.8. The third kappa shape index (κ3) is 2.02. The fourth-order valence-electron chi connectivity index (χ4n) is 1.66. The highest BCUT2D eigenvalue weighted by Gasteiger charge is 2.21. The topological polar surface area (TPSA) is 83.3 Å². The van der Waals surface area contributed by atoms with E-state index < -0.39 is 5.97 Å². The summed E-state index contributed by atoms with van der Waals surface area (Å²) < 4.78 is 1.66. The fraction of sp³-hybridized carbons (Fsp3) is 0.545. The minimum absolute atomic E-state index is 0.0568. The molecule has 6 heteroatoms. The maximum Gasteiger partial charge on any atom is 0.309 e. The molecule has 0 amide bonds. The lowest BCUT2D eigenvalue weighted by Gasteiger charge is -2.13. The number of imidazole rings is 1. The van der Waals surface area contributed by atoms with Crippen molar-refractivity contribution in [3.8, 4) is 0 Å². The smallest absolute Gasteiger partial charge is 0.309 e. The average molecular weight is 236 g/mol. The van der Waals surface area contributed by atoms with Crippen LogP contribution in [0.15, 0.2) is 0 Å². The highest BCUT2D eigenvalue weighted by Crippen LogP contribution is 2.20. The van der Waals surface area contributed by atoms with Crippen LogP contribution in [0.1, 0.15) is 38.0 Å². The van der Waals surface area contributed by atoms with E-state index in [0.717, 1.165) is 5.82 Å². The van der Waals surface area contributed by atoms with E-state index in [1.165, 1.54) is 0 Å². The second-order valence-corrected chi connectivity index (χ2v) is 5.17. The number of nitrogens with zero attached hydrogens (tertiary/aromatic N) is 3. The summed E-state index contributed by atoms with van der Waals surface area (Å²) in [6.07, 6.45) is -0.0568. The van der Waals surface area contributed by atoms with Crippen molar-refractivity contribution in [2.45, 2.75) is 39.5 Å². The predicted octanol–water partition coefficient (Wildman–Crippen LogP) is 1.29. The largest absolute Gasteiger partial charge is 0.481 e. The van der Waals surface area contributed by atoms with Gasteiger partial charge < -0.3 is 5.11 Å². The van der Waals surface area contributed by atoms with Crippen molar-refractivity contribution < 1.29 is 9.90 Å². The van der Waals surface area contributed by atoms with Gasteiger partial charge in [-0.1, -0.05) is 20.8 Å². The van der Waals surface area contributed by atoms with Crippen LogP contribution >= 0.6 is 0 Å². The Morgan fingerprint density at radius 2 is 2.06 bits per heavy atom. The van der Waals surface area contributed by atoms with Crippen molar-refractivity contribution >= 4 is 11.7 Å². The number of hydrogen-bond acceptors (Lipinski definition) is 3. The summed E-state index contributed by atoms with van der Waals surface area (Å²) >= 11 is 0. The van der Waals surface area contributed by atoms with Crippen LogP contribution in [0.4, 0.5) is 0 Å². The summed E-state index contributed by atoms with van der Waals surface area (Å²) in [6.45, 7) is 7.90. The van der Waals surface area contributed by atoms with Gasteiger partial charge >= 0.3 is 5.97 Å². The Kier molecular flexibility index (Phi) is 2.45. The van der Waals surface area contributed by atoms with Gasteiger partial charge in [-0.2, -0.15) is 4.98 Å². The number of aryl methyl sites for hydroxylation is 1. The van der Waals surface area contributed by atoms with Gasteiger partial charge in [-0.15, -0.1) is 0 Å². The molecule has 0 saturated carbocycles. The van der Waals surface area contributed by atoms with Crippen LogP contribution in [0.3, 0.4) is 0 Å². The molecule has 2 aromatic heterocycles. The number of rotatable bonds is 2. The molecular weight excluding hydrogens is 220 g/mol. The quantitative estimate of drug-likeness (QED) is 0.823. The SMILES string of the molecule is Cc1nc2nc(C(C)(C)C)[nH]n2c1CC(=O)O. The van der Waals surface area contributed by atoms with Gasteiger partial charge in [0.25, 0.3) is 5.78 Å². The van der Waals surface area contributed by atoms with Crippen LogP contribution in [0.25, 0.3) is 5.78 Å². The Balaban J connectivity index is 2.56. The molecule has 0 atom stereocenters. The maximum atomic E-state index is 10.8. The van der Waals surface area contributed by atoms with Gasteiger partial charge in [-0.05, 0) is 6.92 Å². The van der Waals surface area contributed by atoms with Gasteiger partial charge in [-0.3, -0.25) is 9.89 Å². The first-order valence-corrected chi connectivity index (χ1v) is 5.45. The van der Waals surface area contributed by atoms with E-state index in [-0.39, 0.29) is 11.8 Å². The molecule has 0 aliphatic heterocycles.